The average molecular weight is 227 g/mol. The Morgan fingerprint density at radius 3 is 2.67 bits per heavy atom. The van der Waals surface area contributed by atoms with E-state index in [2.05, 4.69) is 29.8 Å². The number of nitrogens with zero attached hydrogens (tertiary/aromatic N) is 2. The van der Waals surface area contributed by atoms with Crippen LogP contribution in [0.2, 0.25) is 0 Å². The highest BCUT2D eigenvalue weighted by atomic mass is 35.5. The van der Waals surface area contributed by atoms with E-state index in [9.17, 15) is 0 Å². The molecule has 84 valence electrons. The summed E-state index contributed by atoms with van der Waals surface area (Å²) in [5, 5.41) is 0. The summed E-state index contributed by atoms with van der Waals surface area (Å²) in [6.45, 7) is 8.47. The summed E-state index contributed by atoms with van der Waals surface area (Å²) in [5.41, 5.74) is 3.41. The van der Waals surface area contributed by atoms with Gasteiger partial charge in [-0.1, -0.05) is 6.92 Å². The molecule has 0 unspecified atom stereocenters. The van der Waals surface area contributed by atoms with Gasteiger partial charge < -0.3 is 4.90 Å². The van der Waals surface area contributed by atoms with Crippen LogP contribution in [-0.4, -0.2) is 18.1 Å². The summed E-state index contributed by atoms with van der Waals surface area (Å²) >= 11 is 5.92. The molecule has 0 radical (unpaired) electrons. The molecule has 0 N–H and O–H groups in total. The van der Waals surface area contributed by atoms with Gasteiger partial charge >= 0.3 is 0 Å². The first kappa shape index (κ1) is 12.3. The van der Waals surface area contributed by atoms with E-state index < -0.39 is 0 Å². The molecule has 0 aliphatic carbocycles. The van der Waals surface area contributed by atoms with Crippen LogP contribution in [0.1, 0.15) is 31.5 Å². The number of aryl methyl sites for hydroxylation is 1. The molecule has 1 aromatic rings. The maximum atomic E-state index is 5.92. The Morgan fingerprint density at radius 2 is 2.13 bits per heavy atom. The van der Waals surface area contributed by atoms with Crippen molar-refractivity contribution in [3.8, 4) is 0 Å². The van der Waals surface area contributed by atoms with Gasteiger partial charge in [0.2, 0.25) is 0 Å². The van der Waals surface area contributed by atoms with Crippen LogP contribution < -0.4 is 4.90 Å². The van der Waals surface area contributed by atoms with Crippen molar-refractivity contribution in [2.24, 2.45) is 0 Å². The highest BCUT2D eigenvalue weighted by molar-refractivity contribution is 6.17. The molecular formula is C12H19ClN2. The van der Waals surface area contributed by atoms with Gasteiger partial charge in [-0.3, -0.25) is 4.98 Å². The molecule has 0 fully saturated rings. The maximum Gasteiger partial charge on any atom is 0.0509 e. The minimum Gasteiger partial charge on any atom is -0.371 e. The minimum absolute atomic E-state index is 0.531. The molecule has 0 aliphatic heterocycles. The molecule has 1 rings (SSSR count). The van der Waals surface area contributed by atoms with E-state index in [1.54, 1.807) is 0 Å². The largest absolute Gasteiger partial charge is 0.371 e. The average Bonchev–Trinajstić information content (AvgIpc) is 2.26. The van der Waals surface area contributed by atoms with Gasteiger partial charge in [-0.25, -0.2) is 0 Å². The van der Waals surface area contributed by atoms with Gasteiger partial charge in [0.1, 0.15) is 0 Å². The number of pyridine rings is 1. The predicted octanol–water partition coefficient (Wildman–Crippen LogP) is 3.37. The second-order valence-electron chi connectivity index (χ2n) is 3.67. The Kier molecular flexibility index (Phi) is 4.89. The SMILES string of the molecule is CCCN(CC)c1cc(C)ncc1CCl. The number of anilines is 1. The first-order chi connectivity index (χ1) is 7.22. The van der Waals surface area contributed by atoms with Crippen molar-refractivity contribution >= 4 is 17.3 Å². The second-order valence-corrected chi connectivity index (χ2v) is 3.93. The molecule has 1 aromatic heterocycles. The van der Waals surface area contributed by atoms with Crippen LogP contribution in [0.25, 0.3) is 0 Å². The summed E-state index contributed by atoms with van der Waals surface area (Å²) in [6, 6.07) is 2.12. The molecule has 2 nitrogen and oxygen atoms in total. The second kappa shape index (κ2) is 5.96. The van der Waals surface area contributed by atoms with Crippen molar-refractivity contribution in [2.75, 3.05) is 18.0 Å². The summed E-state index contributed by atoms with van der Waals surface area (Å²) < 4.78 is 0. The van der Waals surface area contributed by atoms with E-state index >= 15 is 0 Å². The Bertz CT molecular complexity index is 312. The third kappa shape index (κ3) is 3.10. The van der Waals surface area contributed by atoms with Crippen LogP contribution in [0, 0.1) is 6.92 Å². The molecule has 0 atom stereocenters. The summed E-state index contributed by atoms with van der Waals surface area (Å²) in [7, 11) is 0. The van der Waals surface area contributed by atoms with Crippen molar-refractivity contribution < 1.29 is 0 Å². The third-order valence-electron chi connectivity index (χ3n) is 2.46. The van der Waals surface area contributed by atoms with Crippen molar-refractivity contribution in [1.29, 1.82) is 0 Å². The van der Waals surface area contributed by atoms with E-state index in [1.165, 1.54) is 5.69 Å². The molecule has 0 bridgehead atoms. The first-order valence-corrected chi connectivity index (χ1v) is 6.02. The Hall–Kier alpha value is -0.760. The predicted molar refractivity (Wildman–Crippen MR) is 66.7 cm³/mol. The number of alkyl halides is 1. The molecule has 0 saturated carbocycles. The molecule has 0 saturated heterocycles. The fourth-order valence-electron chi connectivity index (χ4n) is 1.69. The summed E-state index contributed by atoms with van der Waals surface area (Å²) in [5.74, 6) is 0.531. The minimum atomic E-state index is 0.531. The van der Waals surface area contributed by atoms with Crippen LogP contribution in [0.3, 0.4) is 0 Å². The van der Waals surface area contributed by atoms with Crippen molar-refractivity contribution in [3.63, 3.8) is 0 Å². The van der Waals surface area contributed by atoms with Gasteiger partial charge in [-0.05, 0) is 26.3 Å². The molecule has 3 heteroatoms. The lowest BCUT2D eigenvalue weighted by Gasteiger charge is -2.24. The number of aromatic nitrogens is 1. The molecule has 0 aromatic carbocycles. The quantitative estimate of drug-likeness (QED) is 0.716. The van der Waals surface area contributed by atoms with Crippen molar-refractivity contribution in [3.05, 3.63) is 23.5 Å². The zero-order valence-corrected chi connectivity index (χ0v) is 10.5. The Balaban J connectivity index is 3.02. The fourth-order valence-corrected chi connectivity index (χ4v) is 1.90. The van der Waals surface area contributed by atoms with Gasteiger partial charge in [-0.2, -0.15) is 0 Å². The van der Waals surface area contributed by atoms with Crippen molar-refractivity contribution in [1.82, 2.24) is 4.98 Å². The smallest absolute Gasteiger partial charge is 0.0509 e. The van der Waals surface area contributed by atoms with E-state index in [4.69, 9.17) is 11.6 Å². The van der Waals surface area contributed by atoms with Crippen LogP contribution in [0.15, 0.2) is 12.3 Å². The normalized spacial score (nSPS) is 10.4. The summed E-state index contributed by atoms with van der Waals surface area (Å²) in [6.07, 6.45) is 3.03. The van der Waals surface area contributed by atoms with Crippen LogP contribution in [-0.2, 0) is 5.88 Å². The lowest BCUT2D eigenvalue weighted by atomic mass is 10.2. The van der Waals surface area contributed by atoms with Crippen molar-refractivity contribution in [2.45, 2.75) is 33.1 Å². The van der Waals surface area contributed by atoms with E-state index in [-0.39, 0.29) is 0 Å². The van der Waals surface area contributed by atoms with Crippen LogP contribution >= 0.6 is 11.6 Å². The number of halogens is 1. The topological polar surface area (TPSA) is 16.1 Å². The zero-order chi connectivity index (χ0) is 11.3. The molecule has 0 aliphatic rings. The number of hydrogen-bond donors (Lipinski definition) is 0. The van der Waals surface area contributed by atoms with E-state index in [0.717, 1.165) is 30.8 Å². The zero-order valence-electron chi connectivity index (χ0n) is 9.76. The van der Waals surface area contributed by atoms with Crippen LogP contribution in [0.4, 0.5) is 5.69 Å². The van der Waals surface area contributed by atoms with Crippen LogP contribution in [0.5, 0.6) is 0 Å². The standard InChI is InChI=1S/C12H19ClN2/c1-4-6-15(5-2)12-7-10(3)14-9-11(12)8-13/h7,9H,4-6,8H2,1-3H3. The van der Waals surface area contributed by atoms with E-state index in [1.807, 2.05) is 13.1 Å². The fraction of sp³-hybridized carbons (Fsp3) is 0.583. The molecule has 1 heterocycles. The molecule has 0 spiro atoms. The highest BCUT2D eigenvalue weighted by Crippen LogP contribution is 2.22. The summed E-state index contributed by atoms with van der Waals surface area (Å²) in [4.78, 5) is 6.63. The van der Waals surface area contributed by atoms with Gasteiger partial charge in [0.05, 0.1) is 5.88 Å². The maximum absolute atomic E-state index is 5.92. The lowest BCUT2D eigenvalue weighted by Crippen LogP contribution is -2.24. The Morgan fingerprint density at radius 1 is 1.40 bits per heavy atom. The molecule has 0 amide bonds. The van der Waals surface area contributed by atoms with E-state index in [0.29, 0.717) is 5.88 Å². The monoisotopic (exact) mass is 226 g/mol. The lowest BCUT2D eigenvalue weighted by molar-refractivity contribution is 0.786. The van der Waals surface area contributed by atoms with Gasteiger partial charge in [0, 0.05) is 36.2 Å². The Labute approximate surface area is 97.3 Å². The number of hydrogen-bond acceptors (Lipinski definition) is 2. The highest BCUT2D eigenvalue weighted by Gasteiger charge is 2.09. The third-order valence-corrected chi connectivity index (χ3v) is 2.75. The van der Waals surface area contributed by atoms with Gasteiger partial charge in [-0.15, -0.1) is 11.6 Å². The molecule has 15 heavy (non-hydrogen) atoms. The van der Waals surface area contributed by atoms with Gasteiger partial charge in [0.25, 0.3) is 0 Å². The number of rotatable bonds is 5. The first-order valence-electron chi connectivity index (χ1n) is 5.49. The molecular weight excluding hydrogens is 208 g/mol. The van der Waals surface area contributed by atoms with Gasteiger partial charge in [0.15, 0.2) is 0 Å².